The lowest BCUT2D eigenvalue weighted by molar-refractivity contribution is 0.396. The molecule has 1 heteroatoms. The van der Waals surface area contributed by atoms with Crippen LogP contribution in [0.4, 0.5) is 0 Å². The number of nitrogens with two attached hydrogens (primary N) is 1. The van der Waals surface area contributed by atoms with Crippen molar-refractivity contribution in [2.45, 2.75) is 98.4 Å². The molecule has 1 atom stereocenters. The molecule has 0 saturated heterocycles. The molecule has 150 valence electrons. The van der Waals surface area contributed by atoms with E-state index in [4.69, 9.17) is 5.73 Å². The topological polar surface area (TPSA) is 26.0 Å². The van der Waals surface area contributed by atoms with Crippen molar-refractivity contribution in [2.75, 3.05) is 0 Å². The first-order chi connectivity index (χ1) is 13.1. The highest BCUT2D eigenvalue weighted by atomic mass is 14.6. The van der Waals surface area contributed by atoms with Gasteiger partial charge in [-0.25, -0.2) is 0 Å². The van der Waals surface area contributed by atoms with E-state index in [-0.39, 0.29) is 0 Å². The van der Waals surface area contributed by atoms with Gasteiger partial charge in [0.15, 0.2) is 0 Å². The van der Waals surface area contributed by atoms with E-state index in [1.165, 1.54) is 66.8 Å². The molecular formula is C26H41N. The summed E-state index contributed by atoms with van der Waals surface area (Å²) in [6.45, 7) is 12.7. The Labute approximate surface area is 167 Å². The molecule has 0 bridgehead atoms. The average molecular weight is 368 g/mol. The van der Waals surface area contributed by atoms with E-state index < -0.39 is 0 Å². The number of hydrogen-bond donors (Lipinski definition) is 1. The predicted octanol–water partition coefficient (Wildman–Crippen LogP) is 7.31. The first-order valence-corrected chi connectivity index (χ1v) is 11.4. The van der Waals surface area contributed by atoms with Crippen molar-refractivity contribution < 1.29 is 0 Å². The van der Waals surface area contributed by atoms with Gasteiger partial charge in [-0.1, -0.05) is 58.9 Å². The Kier molecular flexibility index (Phi) is 8.35. The normalized spacial score (nSPS) is 24.2. The molecule has 0 radical (unpaired) electrons. The van der Waals surface area contributed by atoms with Gasteiger partial charge in [0.1, 0.15) is 0 Å². The second-order valence-corrected chi connectivity index (χ2v) is 8.10. The van der Waals surface area contributed by atoms with Crippen LogP contribution in [0.5, 0.6) is 0 Å². The summed E-state index contributed by atoms with van der Waals surface area (Å²) in [4.78, 5) is 0. The highest BCUT2D eigenvalue weighted by Crippen LogP contribution is 2.37. The van der Waals surface area contributed by atoms with Crippen LogP contribution in [0.25, 0.3) is 10.8 Å². The van der Waals surface area contributed by atoms with Crippen LogP contribution in [0.3, 0.4) is 0 Å². The summed E-state index contributed by atoms with van der Waals surface area (Å²) in [5.41, 5.74) is 12.3. The van der Waals surface area contributed by atoms with Crippen LogP contribution >= 0.6 is 0 Å². The Bertz CT molecular complexity index is 723. The predicted molar refractivity (Wildman–Crippen MR) is 122 cm³/mol. The summed E-state index contributed by atoms with van der Waals surface area (Å²) in [7, 11) is 0. The molecule has 27 heavy (non-hydrogen) atoms. The molecule has 1 saturated carbocycles. The highest BCUT2D eigenvalue weighted by molar-refractivity contribution is 5.90. The van der Waals surface area contributed by atoms with Crippen LogP contribution in [0.1, 0.15) is 94.9 Å². The average Bonchev–Trinajstić information content (AvgIpc) is 2.71. The lowest BCUT2D eigenvalue weighted by Gasteiger charge is -2.28. The Hall–Kier alpha value is -1.34. The van der Waals surface area contributed by atoms with Gasteiger partial charge in [0.25, 0.3) is 0 Å². The van der Waals surface area contributed by atoms with Gasteiger partial charge in [-0.15, -0.1) is 0 Å². The Balaban J connectivity index is 0.000000614. The van der Waals surface area contributed by atoms with E-state index in [9.17, 15) is 0 Å². The van der Waals surface area contributed by atoms with Crippen LogP contribution in [-0.4, -0.2) is 6.04 Å². The fourth-order valence-electron chi connectivity index (χ4n) is 4.80. The molecular weight excluding hydrogens is 326 g/mol. The summed E-state index contributed by atoms with van der Waals surface area (Å²) >= 11 is 0. The van der Waals surface area contributed by atoms with Crippen LogP contribution in [-0.2, 0) is 12.8 Å². The van der Waals surface area contributed by atoms with E-state index in [0.717, 1.165) is 11.8 Å². The number of aryl methyl sites for hydroxylation is 2. The van der Waals surface area contributed by atoms with Gasteiger partial charge in [-0.2, -0.15) is 0 Å². The molecule has 2 aromatic rings. The van der Waals surface area contributed by atoms with E-state index in [1.807, 2.05) is 27.7 Å². The number of benzene rings is 2. The van der Waals surface area contributed by atoms with E-state index >= 15 is 0 Å². The highest BCUT2D eigenvalue weighted by Gasteiger charge is 2.22. The van der Waals surface area contributed by atoms with Crippen molar-refractivity contribution in [3.05, 3.63) is 46.5 Å². The van der Waals surface area contributed by atoms with Crippen molar-refractivity contribution >= 4 is 10.8 Å². The van der Waals surface area contributed by atoms with Gasteiger partial charge < -0.3 is 5.73 Å². The van der Waals surface area contributed by atoms with Crippen LogP contribution < -0.4 is 5.73 Å². The zero-order chi connectivity index (χ0) is 20.0. The van der Waals surface area contributed by atoms with Crippen molar-refractivity contribution in [1.29, 1.82) is 0 Å². The van der Waals surface area contributed by atoms with Crippen molar-refractivity contribution in [2.24, 2.45) is 11.7 Å². The fraction of sp³-hybridized carbons (Fsp3) is 0.615. The molecule has 2 aliphatic carbocycles. The Morgan fingerprint density at radius 2 is 1.52 bits per heavy atom. The second kappa shape index (κ2) is 10.3. The fourth-order valence-corrected chi connectivity index (χ4v) is 4.80. The lowest BCUT2D eigenvalue weighted by atomic mass is 9.78. The second-order valence-electron chi connectivity index (χ2n) is 8.10. The van der Waals surface area contributed by atoms with Crippen LogP contribution in [0, 0.1) is 12.8 Å². The number of hydrogen-bond acceptors (Lipinski definition) is 1. The van der Waals surface area contributed by atoms with Gasteiger partial charge in [0.2, 0.25) is 0 Å². The third-order valence-electron chi connectivity index (χ3n) is 6.27. The molecule has 2 aliphatic rings. The minimum Gasteiger partial charge on any atom is -0.328 e. The van der Waals surface area contributed by atoms with Crippen LogP contribution in [0.15, 0.2) is 24.3 Å². The van der Waals surface area contributed by atoms with Gasteiger partial charge in [0, 0.05) is 6.04 Å². The molecule has 1 nitrogen and oxygen atoms in total. The minimum atomic E-state index is 0.433. The molecule has 0 aliphatic heterocycles. The molecule has 2 aromatic carbocycles. The Morgan fingerprint density at radius 1 is 0.852 bits per heavy atom. The summed E-state index contributed by atoms with van der Waals surface area (Å²) in [5, 5.41) is 3.01. The molecule has 1 unspecified atom stereocenters. The van der Waals surface area contributed by atoms with Crippen LogP contribution in [0.2, 0.25) is 0 Å². The first kappa shape index (κ1) is 22.0. The maximum Gasteiger partial charge on any atom is 0.00392 e. The minimum absolute atomic E-state index is 0.433. The number of fused-ring (bicyclic) bond motifs is 3. The third-order valence-corrected chi connectivity index (χ3v) is 6.27. The first-order valence-electron chi connectivity index (χ1n) is 11.4. The maximum atomic E-state index is 6.08. The zero-order valence-electron chi connectivity index (χ0n) is 18.6. The molecule has 1 fully saturated rings. The molecule has 0 aromatic heterocycles. The van der Waals surface area contributed by atoms with Gasteiger partial charge in [-0.3, -0.25) is 0 Å². The molecule has 0 amide bonds. The molecule has 0 heterocycles. The van der Waals surface area contributed by atoms with E-state index in [1.54, 1.807) is 11.1 Å². The van der Waals surface area contributed by atoms with Gasteiger partial charge in [0.05, 0.1) is 0 Å². The van der Waals surface area contributed by atoms with Crippen molar-refractivity contribution in [1.82, 2.24) is 0 Å². The summed E-state index contributed by atoms with van der Waals surface area (Å²) in [6.07, 6.45) is 8.74. The smallest absolute Gasteiger partial charge is 0.00392 e. The quantitative estimate of drug-likeness (QED) is 0.562. The third kappa shape index (κ3) is 4.93. The largest absolute Gasteiger partial charge is 0.328 e. The molecule has 4 rings (SSSR count). The standard InChI is InChI=1S/C22H29N.2C2H6/c1-14-3-9-20-18(11-14)12-15(2)22-13-17(6-10-21(20)22)16-4-7-19(23)8-5-16;2*1-2/h6,10,12-14,16,19H,3-5,7-9,11,23H2,1-2H3;2*1-2H3. The molecule has 0 spiro atoms. The van der Waals surface area contributed by atoms with Gasteiger partial charge in [-0.05, 0) is 96.7 Å². The maximum absolute atomic E-state index is 6.08. The lowest BCUT2D eigenvalue weighted by Crippen LogP contribution is -2.25. The number of rotatable bonds is 1. The van der Waals surface area contributed by atoms with Gasteiger partial charge >= 0.3 is 0 Å². The van der Waals surface area contributed by atoms with Crippen molar-refractivity contribution in [3.8, 4) is 0 Å². The molecule has 2 N–H and O–H groups in total. The monoisotopic (exact) mass is 367 g/mol. The van der Waals surface area contributed by atoms with E-state index in [0.29, 0.717) is 6.04 Å². The van der Waals surface area contributed by atoms with E-state index in [2.05, 4.69) is 38.1 Å². The zero-order valence-corrected chi connectivity index (χ0v) is 18.6. The van der Waals surface area contributed by atoms with Crippen molar-refractivity contribution in [3.63, 3.8) is 0 Å². The summed E-state index contributed by atoms with van der Waals surface area (Å²) in [5.74, 6) is 1.56. The SMILES string of the molecule is CC.CC.Cc1cc2c(c3ccc(C4CCC(N)CC4)cc13)CCC(C)C2. The Morgan fingerprint density at radius 3 is 2.19 bits per heavy atom. The summed E-state index contributed by atoms with van der Waals surface area (Å²) < 4.78 is 0. The summed E-state index contributed by atoms with van der Waals surface area (Å²) in [6, 6.07) is 10.2.